The quantitative estimate of drug-likeness (QED) is 0.618. The Hall–Kier alpha value is -2.71. The predicted octanol–water partition coefficient (Wildman–Crippen LogP) is 3.28. The summed E-state index contributed by atoms with van der Waals surface area (Å²) in [4.78, 5) is 17.1. The molecule has 0 saturated heterocycles. The first kappa shape index (κ1) is 21.0. The van der Waals surface area contributed by atoms with Crippen molar-refractivity contribution in [2.45, 2.75) is 51.5 Å². The van der Waals surface area contributed by atoms with Crippen molar-refractivity contribution in [1.82, 2.24) is 9.55 Å². The standard InChI is InChI=1S/C21H26N4O3S/c1-4-11-25-19-8-6-16(29(22,27)28)13-18(19)23-20(25)9-10-21(26)24-17-7-5-14(2)12-15(17)3/h5-8,12-13H,4,9-11H2,1-3H3,(H,24,26)(H2,22,27,28). The van der Waals surface area contributed by atoms with E-state index in [1.807, 2.05) is 36.6 Å². The third-order valence-electron chi connectivity index (χ3n) is 4.81. The smallest absolute Gasteiger partial charge is 0.238 e. The molecule has 0 spiro atoms. The van der Waals surface area contributed by atoms with Crippen molar-refractivity contribution in [3.8, 4) is 0 Å². The summed E-state index contributed by atoms with van der Waals surface area (Å²) in [6, 6.07) is 10.6. The number of nitrogens with zero attached hydrogens (tertiary/aromatic N) is 2. The van der Waals surface area contributed by atoms with Crippen molar-refractivity contribution in [1.29, 1.82) is 0 Å². The summed E-state index contributed by atoms with van der Waals surface area (Å²) in [5.74, 6) is 0.668. The molecule has 154 valence electrons. The number of aromatic nitrogens is 2. The number of benzene rings is 2. The van der Waals surface area contributed by atoms with E-state index in [1.54, 1.807) is 6.07 Å². The van der Waals surface area contributed by atoms with Crippen LogP contribution in [0.5, 0.6) is 0 Å². The Kier molecular flexibility index (Phi) is 6.04. The second kappa shape index (κ2) is 8.34. The Bertz CT molecular complexity index is 1170. The van der Waals surface area contributed by atoms with Crippen molar-refractivity contribution >= 4 is 32.7 Å². The Morgan fingerprint density at radius 3 is 2.59 bits per heavy atom. The van der Waals surface area contributed by atoms with Crippen molar-refractivity contribution in [2.75, 3.05) is 5.32 Å². The normalized spacial score (nSPS) is 11.7. The summed E-state index contributed by atoms with van der Waals surface area (Å²) in [6.45, 7) is 6.77. The van der Waals surface area contributed by atoms with Gasteiger partial charge in [0.2, 0.25) is 15.9 Å². The summed E-state index contributed by atoms with van der Waals surface area (Å²) < 4.78 is 25.3. The first-order valence-electron chi connectivity index (χ1n) is 9.58. The highest BCUT2D eigenvalue weighted by Gasteiger charge is 2.15. The van der Waals surface area contributed by atoms with Crippen LogP contribution in [0, 0.1) is 13.8 Å². The van der Waals surface area contributed by atoms with Gasteiger partial charge in [-0.25, -0.2) is 18.5 Å². The van der Waals surface area contributed by atoms with E-state index >= 15 is 0 Å². The minimum absolute atomic E-state index is 0.0327. The highest BCUT2D eigenvalue weighted by Crippen LogP contribution is 2.22. The number of rotatable bonds is 7. The van der Waals surface area contributed by atoms with Crippen LogP contribution < -0.4 is 10.5 Å². The van der Waals surface area contributed by atoms with Crippen molar-refractivity contribution < 1.29 is 13.2 Å². The van der Waals surface area contributed by atoms with Gasteiger partial charge in [0.05, 0.1) is 15.9 Å². The van der Waals surface area contributed by atoms with Crippen LogP contribution in [-0.4, -0.2) is 23.9 Å². The summed E-state index contributed by atoms with van der Waals surface area (Å²) in [5, 5.41) is 8.18. The molecule has 0 fully saturated rings. The lowest BCUT2D eigenvalue weighted by atomic mass is 10.1. The molecule has 0 bridgehead atoms. The van der Waals surface area contributed by atoms with E-state index in [-0.39, 0.29) is 17.2 Å². The largest absolute Gasteiger partial charge is 0.328 e. The van der Waals surface area contributed by atoms with Crippen LogP contribution in [0.2, 0.25) is 0 Å². The van der Waals surface area contributed by atoms with E-state index in [2.05, 4.69) is 17.2 Å². The number of aryl methyl sites for hydroxylation is 4. The summed E-state index contributed by atoms with van der Waals surface area (Å²) >= 11 is 0. The van der Waals surface area contributed by atoms with Gasteiger partial charge >= 0.3 is 0 Å². The minimum atomic E-state index is -3.79. The summed E-state index contributed by atoms with van der Waals surface area (Å²) in [7, 11) is -3.79. The van der Waals surface area contributed by atoms with Gasteiger partial charge in [-0.3, -0.25) is 4.79 Å². The Morgan fingerprint density at radius 2 is 1.93 bits per heavy atom. The average Bonchev–Trinajstić information content (AvgIpc) is 2.99. The first-order chi connectivity index (χ1) is 13.7. The topological polar surface area (TPSA) is 107 Å². The van der Waals surface area contributed by atoms with Gasteiger partial charge in [-0.2, -0.15) is 0 Å². The first-order valence-corrected chi connectivity index (χ1v) is 11.1. The molecule has 0 aliphatic rings. The fourth-order valence-electron chi connectivity index (χ4n) is 3.39. The van der Waals surface area contributed by atoms with Crippen molar-refractivity contribution in [3.05, 3.63) is 53.3 Å². The summed E-state index contributed by atoms with van der Waals surface area (Å²) in [6.07, 6.45) is 1.63. The van der Waals surface area contributed by atoms with Crippen molar-refractivity contribution in [3.63, 3.8) is 0 Å². The maximum absolute atomic E-state index is 12.4. The monoisotopic (exact) mass is 414 g/mol. The van der Waals surface area contributed by atoms with Gasteiger partial charge in [-0.1, -0.05) is 24.6 Å². The molecular formula is C21H26N4O3S. The third-order valence-corrected chi connectivity index (χ3v) is 5.72. The van der Waals surface area contributed by atoms with Gasteiger partial charge < -0.3 is 9.88 Å². The molecule has 3 aromatic rings. The number of nitrogens with one attached hydrogen (secondary N) is 1. The van der Waals surface area contributed by atoms with E-state index in [0.29, 0.717) is 11.9 Å². The number of imidazole rings is 1. The van der Waals surface area contributed by atoms with Gasteiger partial charge in [0, 0.05) is 25.1 Å². The number of carbonyl (C=O) groups is 1. The molecule has 0 unspecified atom stereocenters. The molecule has 7 nitrogen and oxygen atoms in total. The van der Waals surface area contributed by atoms with Gasteiger partial charge in [-0.15, -0.1) is 0 Å². The SMILES string of the molecule is CCCn1c(CCC(=O)Nc2ccc(C)cc2C)nc2cc(S(N)(=O)=O)ccc21. The van der Waals surface area contributed by atoms with Crippen LogP contribution in [0.3, 0.4) is 0 Å². The number of amides is 1. The fourth-order valence-corrected chi connectivity index (χ4v) is 3.93. The number of anilines is 1. The Labute approximate surface area is 171 Å². The average molecular weight is 415 g/mol. The number of hydrogen-bond acceptors (Lipinski definition) is 4. The van der Waals surface area contributed by atoms with E-state index < -0.39 is 10.0 Å². The van der Waals surface area contributed by atoms with E-state index in [9.17, 15) is 13.2 Å². The molecule has 2 aromatic carbocycles. The molecule has 1 heterocycles. The second-order valence-corrected chi connectivity index (χ2v) is 8.80. The summed E-state index contributed by atoms with van der Waals surface area (Å²) in [5.41, 5.74) is 4.37. The number of primary sulfonamides is 1. The number of fused-ring (bicyclic) bond motifs is 1. The van der Waals surface area contributed by atoms with Crippen LogP contribution in [0.15, 0.2) is 41.3 Å². The molecule has 3 N–H and O–H groups in total. The highest BCUT2D eigenvalue weighted by molar-refractivity contribution is 7.89. The van der Waals surface area contributed by atoms with Crippen LogP contribution in [-0.2, 0) is 27.8 Å². The van der Waals surface area contributed by atoms with Crippen molar-refractivity contribution in [2.24, 2.45) is 5.14 Å². The van der Waals surface area contributed by atoms with E-state index in [1.165, 1.54) is 12.1 Å². The molecule has 0 atom stereocenters. The van der Waals surface area contributed by atoms with Gasteiger partial charge in [0.25, 0.3) is 0 Å². The zero-order chi connectivity index (χ0) is 21.2. The maximum atomic E-state index is 12.4. The number of carbonyl (C=O) groups excluding carboxylic acids is 1. The molecule has 1 amide bonds. The van der Waals surface area contributed by atoms with Gasteiger partial charge in [-0.05, 0) is 50.1 Å². The molecule has 0 saturated carbocycles. The van der Waals surface area contributed by atoms with Crippen LogP contribution in [0.1, 0.15) is 36.7 Å². The lowest BCUT2D eigenvalue weighted by molar-refractivity contribution is -0.116. The molecular weight excluding hydrogens is 388 g/mol. The fraction of sp³-hybridized carbons (Fsp3) is 0.333. The Morgan fingerprint density at radius 1 is 1.17 bits per heavy atom. The van der Waals surface area contributed by atoms with E-state index in [4.69, 9.17) is 5.14 Å². The predicted molar refractivity (Wildman–Crippen MR) is 114 cm³/mol. The zero-order valence-corrected chi connectivity index (χ0v) is 17.7. The minimum Gasteiger partial charge on any atom is -0.328 e. The molecule has 0 aliphatic heterocycles. The molecule has 29 heavy (non-hydrogen) atoms. The van der Waals surface area contributed by atoms with Crippen LogP contribution in [0.4, 0.5) is 5.69 Å². The maximum Gasteiger partial charge on any atom is 0.238 e. The molecule has 3 rings (SSSR count). The second-order valence-electron chi connectivity index (χ2n) is 7.24. The molecule has 0 aliphatic carbocycles. The number of sulfonamides is 1. The van der Waals surface area contributed by atoms with Gasteiger partial charge in [0.15, 0.2) is 0 Å². The van der Waals surface area contributed by atoms with Gasteiger partial charge in [0.1, 0.15) is 5.82 Å². The Balaban J connectivity index is 1.81. The number of hydrogen-bond donors (Lipinski definition) is 2. The zero-order valence-electron chi connectivity index (χ0n) is 16.9. The molecule has 0 radical (unpaired) electrons. The molecule has 8 heteroatoms. The van der Waals surface area contributed by atoms with Crippen LogP contribution >= 0.6 is 0 Å². The van der Waals surface area contributed by atoms with E-state index in [0.717, 1.165) is 41.1 Å². The molecule has 1 aromatic heterocycles. The number of nitrogens with two attached hydrogens (primary N) is 1. The lowest BCUT2D eigenvalue weighted by Gasteiger charge is -2.10. The third kappa shape index (κ3) is 4.83. The lowest BCUT2D eigenvalue weighted by Crippen LogP contribution is -2.15. The van der Waals surface area contributed by atoms with Crippen LogP contribution in [0.25, 0.3) is 11.0 Å². The highest BCUT2D eigenvalue weighted by atomic mass is 32.2.